The number of ether oxygens (including phenoxy) is 2. The first-order valence-electron chi connectivity index (χ1n) is 9.86. The van der Waals surface area contributed by atoms with Gasteiger partial charge >= 0.3 is 5.97 Å². The fourth-order valence-corrected chi connectivity index (χ4v) is 3.35. The van der Waals surface area contributed by atoms with Crippen molar-refractivity contribution in [3.8, 4) is 11.8 Å². The van der Waals surface area contributed by atoms with Crippen LogP contribution in [0.25, 0.3) is 0 Å². The van der Waals surface area contributed by atoms with Crippen molar-refractivity contribution in [1.29, 1.82) is 5.26 Å². The monoisotopic (exact) mass is 400 g/mol. The van der Waals surface area contributed by atoms with Crippen molar-refractivity contribution in [3.63, 3.8) is 0 Å². The van der Waals surface area contributed by atoms with Crippen LogP contribution in [0.15, 0.2) is 40.7 Å². The third kappa shape index (κ3) is 4.79. The third-order valence-corrected chi connectivity index (χ3v) is 5.21. The number of allylic oxidation sites excluding steroid dienone is 3. The topological polar surface area (TPSA) is 71.3 Å². The van der Waals surface area contributed by atoms with Crippen molar-refractivity contribution in [3.05, 3.63) is 52.1 Å². The van der Waals surface area contributed by atoms with Crippen molar-refractivity contribution in [2.75, 3.05) is 7.11 Å². The Morgan fingerprint density at radius 2 is 2.03 bits per heavy atom. The lowest BCUT2D eigenvalue weighted by Gasteiger charge is -2.33. The van der Waals surface area contributed by atoms with Crippen molar-refractivity contribution in [2.45, 2.75) is 65.4 Å². The summed E-state index contributed by atoms with van der Waals surface area (Å²) in [7, 11) is 1.44. The molecule has 0 aromatic heterocycles. The number of nitriles is 1. The maximum atomic E-state index is 13.8. The molecule has 1 aliphatic heterocycles. The summed E-state index contributed by atoms with van der Waals surface area (Å²) in [5.41, 5.74) is 2.05. The molecule has 5 nitrogen and oxygen atoms in total. The SMILES string of the molecule is CCCC1=C(C(=O)OC(C)(C)CC)C(c2ccc(F)cc2OC)C(C#N)=C(C)N1. The molecule has 0 bridgehead atoms. The normalized spacial score (nSPS) is 17.0. The fraction of sp³-hybridized carbons (Fsp3) is 0.478. The molecule has 29 heavy (non-hydrogen) atoms. The molecule has 1 aromatic carbocycles. The lowest BCUT2D eigenvalue weighted by Crippen LogP contribution is -2.34. The van der Waals surface area contributed by atoms with E-state index in [2.05, 4.69) is 11.4 Å². The van der Waals surface area contributed by atoms with Gasteiger partial charge in [-0.3, -0.25) is 0 Å². The molecule has 2 rings (SSSR count). The van der Waals surface area contributed by atoms with Crippen LogP contribution in [-0.4, -0.2) is 18.7 Å². The fourth-order valence-electron chi connectivity index (χ4n) is 3.35. The number of rotatable bonds is 7. The summed E-state index contributed by atoms with van der Waals surface area (Å²) in [4.78, 5) is 13.3. The Morgan fingerprint density at radius 1 is 1.34 bits per heavy atom. The van der Waals surface area contributed by atoms with E-state index >= 15 is 0 Å². The molecule has 156 valence electrons. The Labute approximate surface area is 172 Å². The van der Waals surface area contributed by atoms with Gasteiger partial charge in [-0.1, -0.05) is 26.3 Å². The first-order valence-corrected chi connectivity index (χ1v) is 9.86. The minimum Gasteiger partial charge on any atom is -0.496 e. The second-order valence-corrected chi connectivity index (χ2v) is 7.74. The number of carbonyl (C=O) groups is 1. The average molecular weight is 400 g/mol. The Bertz CT molecular complexity index is 894. The maximum absolute atomic E-state index is 13.8. The summed E-state index contributed by atoms with van der Waals surface area (Å²) in [6.45, 7) is 9.45. The quantitative estimate of drug-likeness (QED) is 0.645. The lowest BCUT2D eigenvalue weighted by atomic mass is 9.79. The van der Waals surface area contributed by atoms with Crippen LogP contribution in [-0.2, 0) is 9.53 Å². The predicted molar refractivity (Wildman–Crippen MR) is 110 cm³/mol. The molecule has 0 aliphatic carbocycles. The van der Waals surface area contributed by atoms with Crippen LogP contribution in [0.4, 0.5) is 4.39 Å². The van der Waals surface area contributed by atoms with E-state index in [0.717, 1.165) is 12.1 Å². The van der Waals surface area contributed by atoms with Crippen LogP contribution >= 0.6 is 0 Å². The van der Waals surface area contributed by atoms with Crippen molar-refractivity contribution in [2.24, 2.45) is 0 Å². The number of hydrogen-bond acceptors (Lipinski definition) is 5. The Hall–Kier alpha value is -2.81. The molecule has 1 atom stereocenters. The lowest BCUT2D eigenvalue weighted by molar-refractivity contribution is -0.152. The van der Waals surface area contributed by atoms with E-state index in [0.29, 0.717) is 35.2 Å². The molecule has 6 heteroatoms. The van der Waals surface area contributed by atoms with Gasteiger partial charge in [0.1, 0.15) is 17.2 Å². The van der Waals surface area contributed by atoms with Crippen molar-refractivity contribution in [1.82, 2.24) is 5.32 Å². The molecule has 0 radical (unpaired) electrons. The highest BCUT2D eigenvalue weighted by Crippen LogP contribution is 2.43. The largest absolute Gasteiger partial charge is 0.496 e. The molecule has 0 fully saturated rings. The number of nitrogens with one attached hydrogen (secondary N) is 1. The smallest absolute Gasteiger partial charge is 0.337 e. The summed E-state index contributed by atoms with van der Waals surface area (Å²) in [6.07, 6.45) is 2.07. The number of halogens is 1. The van der Waals surface area contributed by atoms with E-state index in [4.69, 9.17) is 9.47 Å². The zero-order valence-corrected chi connectivity index (χ0v) is 18.0. The van der Waals surface area contributed by atoms with E-state index in [-0.39, 0.29) is 5.75 Å². The summed E-state index contributed by atoms with van der Waals surface area (Å²) < 4.78 is 25.0. The maximum Gasteiger partial charge on any atom is 0.337 e. The average Bonchev–Trinajstić information content (AvgIpc) is 2.67. The second kappa shape index (κ2) is 9.13. The Morgan fingerprint density at radius 3 is 2.59 bits per heavy atom. The van der Waals surface area contributed by atoms with E-state index in [1.807, 2.05) is 27.7 Å². The first kappa shape index (κ1) is 22.5. The number of hydrogen-bond donors (Lipinski definition) is 1. The van der Waals surface area contributed by atoms with Gasteiger partial charge in [-0.05, 0) is 39.7 Å². The van der Waals surface area contributed by atoms with E-state index in [9.17, 15) is 14.4 Å². The van der Waals surface area contributed by atoms with Gasteiger partial charge in [0.2, 0.25) is 0 Å². The molecule has 0 amide bonds. The molecule has 0 saturated carbocycles. The van der Waals surface area contributed by atoms with Crippen molar-refractivity contribution < 1.29 is 18.7 Å². The number of dihydropyridines is 1. The zero-order chi connectivity index (χ0) is 21.8. The highest BCUT2D eigenvalue weighted by Gasteiger charge is 2.38. The Balaban J connectivity index is 2.73. The summed E-state index contributed by atoms with van der Waals surface area (Å²) >= 11 is 0. The highest BCUT2D eigenvalue weighted by atomic mass is 19.1. The van der Waals surface area contributed by atoms with Crippen molar-refractivity contribution >= 4 is 5.97 Å². The molecule has 0 saturated heterocycles. The Kier molecular flexibility index (Phi) is 7.07. The summed E-state index contributed by atoms with van der Waals surface area (Å²) in [5, 5.41) is 13.1. The molecular weight excluding hydrogens is 371 g/mol. The van der Waals surface area contributed by atoms with Gasteiger partial charge < -0.3 is 14.8 Å². The van der Waals surface area contributed by atoms with Crippen LogP contribution < -0.4 is 10.1 Å². The van der Waals surface area contributed by atoms with Crippen LogP contribution in [0.1, 0.15) is 65.4 Å². The molecule has 1 heterocycles. The van der Waals surface area contributed by atoms with Crippen LogP contribution in [0.5, 0.6) is 5.75 Å². The molecule has 0 spiro atoms. The third-order valence-electron chi connectivity index (χ3n) is 5.21. The molecule has 1 unspecified atom stereocenters. The second-order valence-electron chi connectivity index (χ2n) is 7.74. The van der Waals surface area contributed by atoms with Gasteiger partial charge in [-0.15, -0.1) is 0 Å². The number of esters is 1. The van der Waals surface area contributed by atoms with Gasteiger partial charge in [0, 0.05) is 23.0 Å². The molecule has 1 N–H and O–H groups in total. The number of carbonyl (C=O) groups excluding carboxylic acids is 1. The highest BCUT2D eigenvalue weighted by molar-refractivity contribution is 5.93. The number of methoxy groups -OCH3 is 1. The summed E-state index contributed by atoms with van der Waals surface area (Å²) in [5.74, 6) is -1.34. The summed E-state index contributed by atoms with van der Waals surface area (Å²) in [6, 6.07) is 6.36. The van der Waals surface area contributed by atoms with E-state index < -0.39 is 23.3 Å². The predicted octanol–water partition coefficient (Wildman–Crippen LogP) is 5.10. The van der Waals surface area contributed by atoms with Crippen LogP contribution in [0.3, 0.4) is 0 Å². The van der Waals surface area contributed by atoms with Gasteiger partial charge in [-0.2, -0.15) is 5.26 Å². The van der Waals surface area contributed by atoms with Crippen LogP contribution in [0, 0.1) is 17.1 Å². The van der Waals surface area contributed by atoms with Gasteiger partial charge in [0.05, 0.1) is 30.2 Å². The molecular formula is C23H29FN2O3. The van der Waals surface area contributed by atoms with E-state index in [1.54, 1.807) is 13.0 Å². The zero-order valence-electron chi connectivity index (χ0n) is 18.0. The minimum atomic E-state index is -0.696. The number of benzene rings is 1. The van der Waals surface area contributed by atoms with Gasteiger partial charge in [-0.25, -0.2) is 9.18 Å². The first-order chi connectivity index (χ1) is 13.7. The minimum absolute atomic E-state index is 0.286. The number of nitrogens with zero attached hydrogens (tertiary/aromatic N) is 1. The van der Waals surface area contributed by atoms with E-state index in [1.165, 1.54) is 19.2 Å². The molecule has 1 aromatic rings. The molecule has 1 aliphatic rings. The van der Waals surface area contributed by atoms with Gasteiger partial charge in [0.15, 0.2) is 0 Å². The van der Waals surface area contributed by atoms with Gasteiger partial charge in [0.25, 0.3) is 0 Å². The standard InChI is InChI=1S/C23H29FN2O3/c1-7-9-18-21(22(27)29-23(4,5)8-2)20(17(13-25)14(3)26-18)16-11-10-15(24)12-19(16)28-6/h10-12,20,26H,7-9H2,1-6H3. The van der Waals surface area contributed by atoms with Crippen LogP contribution in [0.2, 0.25) is 0 Å².